The van der Waals surface area contributed by atoms with Crippen LogP contribution in [0.2, 0.25) is 10.3 Å². The number of unbranched alkanes of at least 4 members (excludes halogenated alkanes) is 2. The predicted octanol–water partition coefficient (Wildman–Crippen LogP) is 4.87. The van der Waals surface area contributed by atoms with Crippen molar-refractivity contribution in [2.45, 2.75) is 83.7 Å². The fourth-order valence-electron chi connectivity index (χ4n) is 6.66. The number of carbonyl (C=O) groups excluding carboxylic acids is 5. The lowest BCUT2D eigenvalue weighted by Crippen LogP contribution is -2.36. The van der Waals surface area contributed by atoms with Crippen LogP contribution in [0.1, 0.15) is 83.0 Å². The van der Waals surface area contributed by atoms with Crippen LogP contribution in [0, 0.1) is 5.82 Å². The minimum Gasteiger partial charge on any atom is -0.778 e. The molecule has 0 bridgehead atoms. The molecular formula is C50H71Cl2FN13O16PS2. The van der Waals surface area contributed by atoms with E-state index in [2.05, 4.69) is 64.6 Å². The number of aliphatic carboxylic acids is 1. The number of sulfonamides is 1. The predicted molar refractivity (Wildman–Crippen MR) is 315 cm³/mol. The van der Waals surface area contributed by atoms with Crippen LogP contribution in [0.4, 0.5) is 32.7 Å². The minimum atomic E-state index is -4.46. The SMILES string of the molecule is CCCCCOC(=O)COc1cc(N2C(=O)C3=C(CCCC3)C2=O)c(F)cc1Cl.CCNc1nc(Cl)nc(NC(C)C)n1.COc1cc(OC)nc(NC(=O)NS(=O)(=O)c2ncccc2C(=O)N(C)C)n1.C[S+](C)C.O=C(O)CNCP(=O)([O-])O. The number of nitrogens with zero attached hydrogens (tertiary/aromatic N) is 8. The van der Waals surface area contributed by atoms with E-state index < -0.39 is 83.6 Å². The number of urea groups is 1. The molecular weight excluding hydrogens is 1220 g/mol. The van der Waals surface area contributed by atoms with Gasteiger partial charge in [-0.25, -0.2) is 28.6 Å². The van der Waals surface area contributed by atoms with E-state index in [-0.39, 0.29) is 51.1 Å². The second-order valence-electron chi connectivity index (χ2n) is 18.4. The average Bonchev–Trinajstić information content (AvgIpc) is 2.55. The van der Waals surface area contributed by atoms with Gasteiger partial charge in [0, 0.05) is 50.1 Å². The third-order valence-corrected chi connectivity index (χ3v) is 12.5. The second-order valence-corrected chi connectivity index (χ2v) is 24.8. The first-order chi connectivity index (χ1) is 39.9. The molecule has 85 heavy (non-hydrogen) atoms. The Bertz CT molecular complexity index is 3080. The van der Waals surface area contributed by atoms with Gasteiger partial charge in [-0.1, -0.05) is 31.4 Å². The molecule has 0 saturated carbocycles. The van der Waals surface area contributed by atoms with Gasteiger partial charge in [0.15, 0.2) is 11.6 Å². The van der Waals surface area contributed by atoms with Crippen molar-refractivity contribution in [3.05, 3.63) is 69.4 Å². The summed E-state index contributed by atoms with van der Waals surface area (Å²) in [5.41, 5.74) is 0.486. The van der Waals surface area contributed by atoms with Crippen molar-refractivity contribution in [3.8, 4) is 17.5 Å². The molecule has 1 aromatic carbocycles. The number of carboxylic acids is 1. The van der Waals surface area contributed by atoms with Gasteiger partial charge in [-0.2, -0.15) is 33.3 Å². The molecule has 0 spiro atoms. The topological polar surface area (TPSA) is 398 Å². The number of pyridine rings is 1. The number of esters is 1. The van der Waals surface area contributed by atoms with E-state index in [1.165, 1.54) is 63.7 Å². The number of carbonyl (C=O) groups is 6. The van der Waals surface area contributed by atoms with Gasteiger partial charge in [0.25, 0.3) is 27.7 Å². The molecule has 2 aliphatic rings. The number of imide groups is 1. The van der Waals surface area contributed by atoms with Crippen molar-refractivity contribution < 1.29 is 80.0 Å². The van der Waals surface area contributed by atoms with Gasteiger partial charge in [-0.15, -0.1) is 0 Å². The number of nitrogens with one attached hydrogen (secondary N) is 5. The standard InChI is InChI=1S/C21H23ClFNO5.C15H18N6O6S.C8H14ClN5.C3H8NO5P.C3H9S/c1-2-3-6-9-28-19(25)12-29-18-11-17(16(23)10-15(18)22)24-20(26)13-7-4-5-8-14(13)21(24)27;1-21(2)13(22)9-6-5-7-16-12(9)28(24,25)20-15(23)19-14-17-10(26-3)8-11(18-14)27-4;1-4-10-7-12-6(9)13-8(14-7)11-5(2)3;5-3(6)1-4-2-10(7,8)9;1-4(2)3/h10-11H,2-9,12H2,1H3;5-8H,1-4H3,(H2,17,18,19,20,23);5H,4H2,1-3H3,(H2,10,11,12,13,14);4H,1-2H2,(H,5,6)(H2,7,8,9);1-3H3/q;;;;+1/p-1. The lowest BCUT2D eigenvalue weighted by Gasteiger charge is -2.18. The summed E-state index contributed by atoms with van der Waals surface area (Å²) in [6.45, 7) is 8.18. The van der Waals surface area contributed by atoms with Crippen LogP contribution in [0.3, 0.4) is 0 Å². The number of methoxy groups -OCH3 is 2. The van der Waals surface area contributed by atoms with E-state index in [4.69, 9.17) is 52.1 Å². The first-order valence-corrected chi connectivity index (χ1v) is 32.1. The zero-order valence-corrected chi connectivity index (χ0v) is 52.7. The quantitative estimate of drug-likeness (QED) is 0.0181. The number of carboxylic acid groups (broad SMARTS) is 1. The summed E-state index contributed by atoms with van der Waals surface area (Å²) in [4.78, 5) is 115. The number of hydrogen-bond acceptors (Lipinski definition) is 23. The third kappa shape index (κ3) is 26.8. The number of amides is 5. The van der Waals surface area contributed by atoms with Crippen LogP contribution in [-0.2, 0) is 49.4 Å². The number of ether oxygens (including phenoxy) is 4. The van der Waals surface area contributed by atoms with Gasteiger partial charge in [0.2, 0.25) is 34.9 Å². The number of benzene rings is 1. The molecule has 4 heterocycles. The van der Waals surface area contributed by atoms with Gasteiger partial charge in [-0.3, -0.25) is 29.8 Å². The van der Waals surface area contributed by atoms with E-state index in [9.17, 15) is 51.0 Å². The Morgan fingerprint density at radius 1 is 0.918 bits per heavy atom. The summed E-state index contributed by atoms with van der Waals surface area (Å²) < 4.78 is 71.6. The molecule has 3 aromatic heterocycles. The van der Waals surface area contributed by atoms with E-state index in [1.54, 1.807) is 4.72 Å². The van der Waals surface area contributed by atoms with Gasteiger partial charge in [0.1, 0.15) is 19.2 Å². The fraction of sp³-hybridized carbons (Fsp3) is 0.480. The molecule has 0 fully saturated rings. The van der Waals surface area contributed by atoms with Crippen molar-refractivity contribution in [1.82, 2.24) is 44.8 Å². The van der Waals surface area contributed by atoms with Gasteiger partial charge in [0.05, 0.1) is 74.8 Å². The summed E-state index contributed by atoms with van der Waals surface area (Å²) in [6.07, 6.45) is 12.5. The summed E-state index contributed by atoms with van der Waals surface area (Å²) in [5, 5.41) is 17.7. The first-order valence-electron chi connectivity index (χ1n) is 25.6. The highest BCUT2D eigenvalue weighted by molar-refractivity contribution is 7.94. The summed E-state index contributed by atoms with van der Waals surface area (Å²) in [5.74, 6) is -3.25. The normalized spacial score (nSPS) is 13.1. The largest absolute Gasteiger partial charge is 0.778 e. The van der Waals surface area contributed by atoms with E-state index in [1.807, 2.05) is 33.0 Å². The lowest BCUT2D eigenvalue weighted by molar-refractivity contribution is -0.193. The van der Waals surface area contributed by atoms with Crippen LogP contribution < -0.4 is 50.0 Å². The zero-order chi connectivity index (χ0) is 64.2. The van der Waals surface area contributed by atoms with Crippen molar-refractivity contribution >= 4 is 111 Å². The minimum absolute atomic E-state index is 0.000883. The molecule has 6 rings (SSSR count). The van der Waals surface area contributed by atoms with E-state index >= 15 is 0 Å². The molecule has 7 N–H and O–H groups in total. The summed E-state index contributed by atoms with van der Waals surface area (Å²) in [6, 6.07) is 5.32. The molecule has 35 heteroatoms. The Morgan fingerprint density at radius 3 is 2.02 bits per heavy atom. The van der Waals surface area contributed by atoms with Crippen molar-refractivity contribution in [2.24, 2.45) is 0 Å². The molecule has 1 unspecified atom stereocenters. The maximum absolute atomic E-state index is 14.5. The number of halogens is 3. The molecule has 1 aliphatic carbocycles. The average molecular weight is 1300 g/mol. The highest BCUT2D eigenvalue weighted by Gasteiger charge is 2.41. The van der Waals surface area contributed by atoms with E-state index in [0.29, 0.717) is 53.4 Å². The molecule has 5 amide bonds. The Labute approximate surface area is 504 Å². The van der Waals surface area contributed by atoms with Crippen LogP contribution in [-0.4, -0.2) is 175 Å². The second kappa shape index (κ2) is 36.7. The molecule has 0 radical (unpaired) electrons. The molecule has 1 atom stereocenters. The number of rotatable bonds is 22. The van der Waals surface area contributed by atoms with Gasteiger partial charge >= 0.3 is 18.0 Å². The van der Waals surface area contributed by atoms with Gasteiger partial charge in [-0.05, 0) is 93.6 Å². The maximum Gasteiger partial charge on any atom is 0.344 e. The molecule has 29 nitrogen and oxygen atoms in total. The highest BCUT2D eigenvalue weighted by Crippen LogP contribution is 2.39. The summed E-state index contributed by atoms with van der Waals surface area (Å²) >= 11 is 11.7. The fourth-order valence-corrected chi connectivity index (χ4v) is 8.46. The monoisotopic (exact) mass is 1290 g/mol. The van der Waals surface area contributed by atoms with E-state index in [0.717, 1.165) is 49.6 Å². The maximum atomic E-state index is 14.5. The van der Waals surface area contributed by atoms with Crippen LogP contribution in [0.15, 0.2) is 52.7 Å². The molecule has 4 aromatic rings. The Balaban J connectivity index is 0.000000406. The van der Waals surface area contributed by atoms with Crippen molar-refractivity contribution in [2.75, 3.05) is 101 Å². The highest BCUT2D eigenvalue weighted by atomic mass is 35.5. The van der Waals surface area contributed by atoms with Crippen molar-refractivity contribution in [3.63, 3.8) is 0 Å². The number of anilines is 4. The molecule has 470 valence electrons. The molecule has 1 aliphatic heterocycles. The smallest absolute Gasteiger partial charge is 0.344 e. The Morgan fingerprint density at radius 2 is 1.51 bits per heavy atom. The molecule has 0 saturated heterocycles. The Hall–Kier alpha value is -7.06. The first kappa shape index (κ1) is 74.0. The lowest BCUT2D eigenvalue weighted by atomic mass is 9.93. The number of hydrogen-bond donors (Lipinski definition) is 7. The van der Waals surface area contributed by atoms with Crippen LogP contribution >= 0.6 is 30.8 Å². The third-order valence-electron chi connectivity index (χ3n) is 10.1. The van der Waals surface area contributed by atoms with Crippen molar-refractivity contribution in [1.29, 1.82) is 0 Å². The van der Waals surface area contributed by atoms with Gasteiger partial charge < -0.3 is 53.9 Å². The zero-order valence-electron chi connectivity index (χ0n) is 48.6. The number of aromatic nitrogens is 6. The van der Waals surface area contributed by atoms with Crippen LogP contribution in [0.5, 0.6) is 17.5 Å². The van der Waals surface area contributed by atoms with Crippen LogP contribution in [0.25, 0.3) is 0 Å². The summed E-state index contributed by atoms with van der Waals surface area (Å²) in [7, 11) is -2.56. The Kier molecular flexibility index (Phi) is 32.0.